The molecule has 6 heteroatoms. The van der Waals surface area contributed by atoms with Crippen LogP contribution in [0.25, 0.3) is 10.8 Å². The van der Waals surface area contributed by atoms with E-state index >= 15 is 0 Å². The summed E-state index contributed by atoms with van der Waals surface area (Å²) in [5, 5.41) is 11.2. The lowest BCUT2D eigenvalue weighted by molar-refractivity contribution is 0.210. The fourth-order valence-corrected chi connectivity index (χ4v) is 5.06. The van der Waals surface area contributed by atoms with Gasteiger partial charge in [-0.25, -0.2) is 4.99 Å². The monoisotopic (exact) mass is 461 g/mol. The molecule has 2 aliphatic rings. The number of hydrogen-bond acceptors (Lipinski definition) is 5. The number of nitrogens with zero attached hydrogens (tertiary/aromatic N) is 2. The van der Waals surface area contributed by atoms with Gasteiger partial charge in [0, 0.05) is 16.8 Å². The number of anilines is 2. The van der Waals surface area contributed by atoms with E-state index in [1.807, 2.05) is 18.2 Å². The topological polar surface area (TPSA) is 54.3 Å². The lowest BCUT2D eigenvalue weighted by Crippen LogP contribution is -2.30. The second-order valence-electron chi connectivity index (χ2n) is 9.47. The average molecular weight is 461 g/mol. The van der Waals surface area contributed by atoms with E-state index in [4.69, 9.17) is 19.4 Å². The maximum absolute atomic E-state index is 9.05. The Bertz CT molecular complexity index is 1430. The molecule has 0 fully saturated rings. The number of benzene rings is 4. The molecule has 1 N–H and O–H groups in total. The molecule has 1 radical (unpaired) electrons. The number of hydrogen-bond donors (Lipinski definition) is 1. The number of ether oxygens (including phenoxy) is 1. The Morgan fingerprint density at radius 3 is 2.46 bits per heavy atom. The molecule has 2 aliphatic heterocycles. The second-order valence-corrected chi connectivity index (χ2v) is 9.47. The summed E-state index contributed by atoms with van der Waals surface area (Å²) in [6, 6.07) is 26.9. The van der Waals surface area contributed by atoms with E-state index in [9.17, 15) is 0 Å². The zero-order valence-electron chi connectivity index (χ0n) is 20.0. The van der Waals surface area contributed by atoms with Crippen LogP contribution in [-0.4, -0.2) is 24.8 Å². The molecular weight excluding hydrogens is 435 g/mol. The van der Waals surface area contributed by atoms with Crippen LogP contribution in [0, 0.1) is 6.92 Å². The van der Waals surface area contributed by atoms with Gasteiger partial charge in [-0.2, -0.15) is 0 Å². The number of aryl methyl sites for hydroxylation is 1. The van der Waals surface area contributed by atoms with Crippen molar-refractivity contribution in [3.8, 4) is 5.75 Å². The van der Waals surface area contributed by atoms with Crippen LogP contribution in [0.4, 0.5) is 11.4 Å². The molecule has 2 atom stereocenters. The van der Waals surface area contributed by atoms with Gasteiger partial charge in [0.2, 0.25) is 12.1 Å². The Hall–Kier alpha value is -3.77. The zero-order valence-corrected chi connectivity index (χ0v) is 20.0. The Labute approximate surface area is 206 Å². The van der Waals surface area contributed by atoms with Crippen molar-refractivity contribution in [2.45, 2.75) is 39.0 Å². The minimum absolute atomic E-state index is 0.161. The zero-order chi connectivity index (χ0) is 24.1. The van der Waals surface area contributed by atoms with Gasteiger partial charge in [-0.15, -0.1) is 0 Å². The van der Waals surface area contributed by atoms with Gasteiger partial charge < -0.3 is 19.3 Å². The molecule has 0 aromatic heterocycles. The van der Waals surface area contributed by atoms with Crippen molar-refractivity contribution >= 4 is 35.7 Å². The fraction of sp³-hybridized carbons (Fsp3) is 0.207. The Balaban J connectivity index is 1.50. The van der Waals surface area contributed by atoms with Gasteiger partial charge in [0.1, 0.15) is 11.8 Å². The number of fused-ring (bicyclic) bond motifs is 5. The standard InChI is InChI=1S/C29H26BN2O3/c1-17(2)19-8-11-22(12-9-19)32-25-15-10-21-16-23(35-30-33)13-14-24(21)26(25)27-29(32)34-28(31-27)20-6-4-18(3)5-7-20/h4-17,27,29,33H,1-3H3. The van der Waals surface area contributed by atoms with Crippen molar-refractivity contribution in [1.29, 1.82) is 0 Å². The molecule has 0 saturated heterocycles. The quantitative estimate of drug-likeness (QED) is 0.361. The smallest absolute Gasteiger partial charge is 0.537 e. The van der Waals surface area contributed by atoms with Crippen molar-refractivity contribution in [3.05, 3.63) is 101 Å². The van der Waals surface area contributed by atoms with E-state index in [1.165, 1.54) is 11.1 Å². The number of rotatable bonds is 5. The Morgan fingerprint density at radius 2 is 1.74 bits per heavy atom. The van der Waals surface area contributed by atoms with Gasteiger partial charge in [-0.05, 0) is 71.6 Å². The highest BCUT2D eigenvalue weighted by atomic mass is 16.5. The van der Waals surface area contributed by atoms with Crippen molar-refractivity contribution < 1.29 is 14.4 Å². The molecule has 4 aromatic carbocycles. The summed E-state index contributed by atoms with van der Waals surface area (Å²) < 4.78 is 11.8. The van der Waals surface area contributed by atoms with Gasteiger partial charge in [-0.3, -0.25) is 0 Å². The highest BCUT2D eigenvalue weighted by molar-refractivity contribution is 6.17. The lowest BCUT2D eigenvalue weighted by Gasteiger charge is -2.27. The predicted octanol–water partition coefficient (Wildman–Crippen LogP) is 6.17. The van der Waals surface area contributed by atoms with Crippen molar-refractivity contribution in [1.82, 2.24) is 0 Å². The van der Waals surface area contributed by atoms with Gasteiger partial charge >= 0.3 is 7.69 Å². The first-order chi connectivity index (χ1) is 17.0. The minimum atomic E-state index is -0.265. The van der Waals surface area contributed by atoms with Gasteiger partial charge in [-0.1, -0.05) is 55.8 Å². The minimum Gasteiger partial charge on any atom is -0.537 e. The molecule has 5 nitrogen and oxygen atoms in total. The molecular formula is C29H26BN2O3. The van der Waals surface area contributed by atoms with Crippen LogP contribution < -0.4 is 9.55 Å². The normalized spacial score (nSPS) is 18.3. The van der Waals surface area contributed by atoms with Crippen LogP contribution in [-0.2, 0) is 4.74 Å². The molecule has 173 valence electrons. The summed E-state index contributed by atoms with van der Waals surface area (Å²) in [6.45, 7) is 6.49. The highest BCUT2D eigenvalue weighted by Gasteiger charge is 2.46. The van der Waals surface area contributed by atoms with Crippen molar-refractivity contribution in [3.63, 3.8) is 0 Å². The first-order valence-electron chi connectivity index (χ1n) is 11.9. The third kappa shape index (κ3) is 3.65. The summed E-state index contributed by atoms with van der Waals surface area (Å²) in [5.74, 6) is 1.72. The van der Waals surface area contributed by atoms with Crippen LogP contribution in [0.5, 0.6) is 5.75 Å². The van der Waals surface area contributed by atoms with Crippen LogP contribution in [0.15, 0.2) is 83.9 Å². The Kier molecular flexibility index (Phi) is 5.26. The van der Waals surface area contributed by atoms with E-state index in [0.29, 0.717) is 25.3 Å². The molecule has 0 amide bonds. The first kappa shape index (κ1) is 21.7. The fourth-order valence-electron chi connectivity index (χ4n) is 5.06. The molecule has 0 saturated carbocycles. The summed E-state index contributed by atoms with van der Waals surface area (Å²) >= 11 is 0. The molecule has 0 aliphatic carbocycles. The van der Waals surface area contributed by atoms with Gasteiger partial charge in [0.05, 0.1) is 5.69 Å². The first-order valence-corrected chi connectivity index (χ1v) is 11.9. The van der Waals surface area contributed by atoms with E-state index in [2.05, 4.69) is 86.3 Å². The van der Waals surface area contributed by atoms with Crippen LogP contribution >= 0.6 is 0 Å². The average Bonchev–Trinajstić information content (AvgIpc) is 3.42. The molecule has 2 unspecified atom stereocenters. The largest absolute Gasteiger partial charge is 0.569 e. The predicted molar refractivity (Wildman–Crippen MR) is 141 cm³/mol. The van der Waals surface area contributed by atoms with E-state index < -0.39 is 0 Å². The SMILES string of the molecule is Cc1ccc(C2=NC3c4c(ccc5cc(O[B]O)ccc45)N(c4ccc(C(C)C)cc4)C3O2)cc1. The Morgan fingerprint density at radius 1 is 0.971 bits per heavy atom. The molecule has 4 aromatic rings. The summed E-state index contributed by atoms with van der Waals surface area (Å²) in [7, 11) is 0.704. The molecule has 6 rings (SSSR count). The summed E-state index contributed by atoms with van der Waals surface area (Å²) in [6.07, 6.45) is -0.265. The van der Waals surface area contributed by atoms with E-state index in [1.54, 1.807) is 0 Å². The number of aliphatic imine (C=N–C) groups is 1. The maximum Gasteiger partial charge on any atom is 0.569 e. The van der Waals surface area contributed by atoms with Gasteiger partial charge in [0.25, 0.3) is 0 Å². The van der Waals surface area contributed by atoms with Crippen molar-refractivity contribution in [2.75, 3.05) is 4.90 Å². The second kappa shape index (κ2) is 8.47. The lowest BCUT2D eigenvalue weighted by atomic mass is 9.99. The maximum atomic E-state index is 9.05. The van der Waals surface area contributed by atoms with Crippen LogP contribution in [0.3, 0.4) is 0 Å². The van der Waals surface area contributed by atoms with E-state index in [-0.39, 0.29) is 12.3 Å². The summed E-state index contributed by atoms with van der Waals surface area (Å²) in [5.41, 5.74) is 6.81. The van der Waals surface area contributed by atoms with Crippen LogP contribution in [0.2, 0.25) is 0 Å². The third-order valence-electron chi connectivity index (χ3n) is 6.90. The highest BCUT2D eigenvalue weighted by Crippen LogP contribution is 2.52. The van der Waals surface area contributed by atoms with Gasteiger partial charge in [0.15, 0.2) is 0 Å². The van der Waals surface area contributed by atoms with Crippen molar-refractivity contribution in [2.24, 2.45) is 4.99 Å². The van der Waals surface area contributed by atoms with E-state index in [0.717, 1.165) is 33.3 Å². The molecule has 35 heavy (non-hydrogen) atoms. The molecule has 0 bridgehead atoms. The third-order valence-corrected chi connectivity index (χ3v) is 6.90. The molecule has 0 spiro atoms. The summed E-state index contributed by atoms with van der Waals surface area (Å²) in [4.78, 5) is 7.36. The molecule has 2 heterocycles. The van der Waals surface area contributed by atoms with Crippen LogP contribution in [0.1, 0.15) is 48.1 Å².